The molecule has 0 radical (unpaired) electrons. The fourth-order valence-corrected chi connectivity index (χ4v) is 1.89. The second kappa shape index (κ2) is 7.26. The average Bonchev–Trinajstić information content (AvgIpc) is 2.28. The molecule has 0 aliphatic rings. The van der Waals surface area contributed by atoms with E-state index in [-0.39, 0.29) is 5.82 Å². The second-order valence-electron chi connectivity index (χ2n) is 4.36. The van der Waals surface area contributed by atoms with Crippen molar-refractivity contribution < 1.29 is 4.39 Å². The Morgan fingerprint density at radius 3 is 2.50 bits per heavy atom. The van der Waals surface area contributed by atoms with Crippen LogP contribution in [-0.2, 0) is 6.42 Å². The smallest absolute Gasteiger partial charge is 0.123 e. The van der Waals surface area contributed by atoms with Crippen LogP contribution in [0, 0.1) is 5.82 Å². The Balaban J connectivity index is 2.23. The van der Waals surface area contributed by atoms with Crippen LogP contribution < -0.4 is 5.73 Å². The van der Waals surface area contributed by atoms with E-state index in [9.17, 15) is 4.39 Å². The van der Waals surface area contributed by atoms with E-state index in [4.69, 9.17) is 5.73 Å². The van der Waals surface area contributed by atoms with Gasteiger partial charge in [-0.25, -0.2) is 4.39 Å². The van der Waals surface area contributed by atoms with Crippen LogP contribution in [0.4, 0.5) is 10.1 Å². The molecule has 0 amide bonds. The van der Waals surface area contributed by atoms with E-state index in [0.29, 0.717) is 0 Å². The number of anilines is 1. The van der Waals surface area contributed by atoms with E-state index >= 15 is 0 Å². The van der Waals surface area contributed by atoms with Gasteiger partial charge in [0.2, 0.25) is 0 Å². The van der Waals surface area contributed by atoms with Crippen LogP contribution in [0.3, 0.4) is 0 Å². The first-order chi connectivity index (χ1) is 7.74. The number of hydrogen-bond acceptors (Lipinski definition) is 1. The molecule has 0 unspecified atom stereocenters. The van der Waals surface area contributed by atoms with Gasteiger partial charge in [0.1, 0.15) is 5.82 Å². The molecule has 1 aromatic rings. The summed E-state index contributed by atoms with van der Waals surface area (Å²) in [5, 5.41) is 0. The molecule has 1 nitrogen and oxygen atoms in total. The molecule has 0 fully saturated rings. The quantitative estimate of drug-likeness (QED) is 0.541. The van der Waals surface area contributed by atoms with Gasteiger partial charge in [0.15, 0.2) is 0 Å². The average molecular weight is 223 g/mol. The van der Waals surface area contributed by atoms with E-state index in [2.05, 4.69) is 6.92 Å². The lowest BCUT2D eigenvalue weighted by molar-refractivity contribution is 0.603. The molecule has 0 aromatic heterocycles. The van der Waals surface area contributed by atoms with Crippen molar-refractivity contribution in [3.63, 3.8) is 0 Å². The van der Waals surface area contributed by atoms with Gasteiger partial charge in [0.25, 0.3) is 0 Å². The predicted molar refractivity (Wildman–Crippen MR) is 67.9 cm³/mol. The molecule has 1 rings (SSSR count). The highest BCUT2D eigenvalue weighted by Crippen LogP contribution is 2.17. The number of rotatable bonds is 7. The number of halogens is 1. The Kier molecular flexibility index (Phi) is 5.91. The Bertz CT molecular complexity index is 310. The summed E-state index contributed by atoms with van der Waals surface area (Å²) in [5.74, 6) is -0.185. The Hall–Kier alpha value is -1.05. The molecule has 0 saturated heterocycles. The number of aryl methyl sites for hydroxylation is 1. The number of nitrogens with two attached hydrogens (primary N) is 1. The molecule has 90 valence electrons. The maximum absolute atomic E-state index is 13.0. The first-order valence-electron chi connectivity index (χ1n) is 6.28. The molecular weight excluding hydrogens is 201 g/mol. The standard InChI is InChI=1S/C14H22FN/c1-2-3-4-5-6-7-8-12-11-13(15)9-10-14(12)16/h9-11H,2-8,16H2,1H3. The minimum Gasteiger partial charge on any atom is -0.399 e. The van der Waals surface area contributed by atoms with Crippen LogP contribution in [0.5, 0.6) is 0 Å². The summed E-state index contributed by atoms with van der Waals surface area (Å²) in [6.45, 7) is 2.22. The van der Waals surface area contributed by atoms with Gasteiger partial charge >= 0.3 is 0 Å². The SMILES string of the molecule is CCCCCCCCc1cc(F)ccc1N. The van der Waals surface area contributed by atoms with Crippen molar-refractivity contribution in [2.75, 3.05) is 5.73 Å². The van der Waals surface area contributed by atoms with Gasteiger partial charge in [-0.3, -0.25) is 0 Å². The van der Waals surface area contributed by atoms with Crippen molar-refractivity contribution in [3.8, 4) is 0 Å². The molecule has 0 aliphatic carbocycles. The summed E-state index contributed by atoms with van der Waals surface area (Å²) < 4.78 is 13.0. The highest BCUT2D eigenvalue weighted by Gasteiger charge is 2.00. The Labute approximate surface area is 97.9 Å². The van der Waals surface area contributed by atoms with Crippen LogP contribution >= 0.6 is 0 Å². The van der Waals surface area contributed by atoms with Crippen LogP contribution in [0.25, 0.3) is 0 Å². The molecule has 2 heteroatoms. The zero-order chi connectivity index (χ0) is 11.8. The van der Waals surface area contributed by atoms with Gasteiger partial charge in [0.05, 0.1) is 0 Å². The molecule has 0 spiro atoms. The molecule has 1 aromatic carbocycles. The summed E-state index contributed by atoms with van der Waals surface area (Å²) in [5.41, 5.74) is 7.46. The van der Waals surface area contributed by atoms with E-state index in [1.807, 2.05) is 0 Å². The van der Waals surface area contributed by atoms with Crippen LogP contribution in [0.15, 0.2) is 18.2 Å². The van der Waals surface area contributed by atoms with Crippen LogP contribution in [-0.4, -0.2) is 0 Å². The summed E-state index contributed by atoms with van der Waals surface area (Å²) >= 11 is 0. The van der Waals surface area contributed by atoms with Crippen molar-refractivity contribution in [2.24, 2.45) is 0 Å². The number of benzene rings is 1. The third-order valence-electron chi connectivity index (χ3n) is 2.90. The molecule has 0 saturated carbocycles. The lowest BCUT2D eigenvalue weighted by Crippen LogP contribution is -1.95. The van der Waals surface area contributed by atoms with E-state index in [0.717, 1.165) is 24.1 Å². The topological polar surface area (TPSA) is 26.0 Å². The second-order valence-corrected chi connectivity index (χ2v) is 4.36. The van der Waals surface area contributed by atoms with Crippen molar-refractivity contribution in [3.05, 3.63) is 29.6 Å². The molecule has 0 atom stereocenters. The normalized spacial score (nSPS) is 10.6. The summed E-state index contributed by atoms with van der Waals surface area (Å²) in [7, 11) is 0. The minimum atomic E-state index is -0.185. The molecule has 16 heavy (non-hydrogen) atoms. The Morgan fingerprint density at radius 2 is 1.75 bits per heavy atom. The highest BCUT2D eigenvalue weighted by atomic mass is 19.1. The maximum Gasteiger partial charge on any atom is 0.123 e. The molecule has 0 aliphatic heterocycles. The van der Waals surface area contributed by atoms with Gasteiger partial charge < -0.3 is 5.73 Å². The van der Waals surface area contributed by atoms with Gasteiger partial charge in [-0.1, -0.05) is 39.0 Å². The van der Waals surface area contributed by atoms with Crippen molar-refractivity contribution in [2.45, 2.75) is 51.9 Å². The van der Waals surface area contributed by atoms with E-state index < -0.39 is 0 Å². The highest BCUT2D eigenvalue weighted by molar-refractivity contribution is 5.46. The minimum absolute atomic E-state index is 0.185. The summed E-state index contributed by atoms with van der Waals surface area (Å²) in [6.07, 6.45) is 8.42. The first kappa shape index (κ1) is 13.0. The Morgan fingerprint density at radius 1 is 1.06 bits per heavy atom. The number of hydrogen-bond donors (Lipinski definition) is 1. The van der Waals surface area contributed by atoms with Gasteiger partial charge in [-0.15, -0.1) is 0 Å². The zero-order valence-corrected chi connectivity index (χ0v) is 10.1. The predicted octanol–water partition coefficient (Wildman–Crippen LogP) is 4.31. The molecule has 0 heterocycles. The lowest BCUT2D eigenvalue weighted by Gasteiger charge is -2.05. The third-order valence-corrected chi connectivity index (χ3v) is 2.90. The summed E-state index contributed by atoms with van der Waals surface area (Å²) in [6, 6.07) is 4.63. The number of unbranched alkanes of at least 4 members (excludes halogenated alkanes) is 5. The van der Waals surface area contributed by atoms with Crippen LogP contribution in [0.2, 0.25) is 0 Å². The van der Waals surface area contributed by atoms with Gasteiger partial charge in [0, 0.05) is 5.69 Å². The van der Waals surface area contributed by atoms with E-state index in [1.54, 1.807) is 12.1 Å². The van der Waals surface area contributed by atoms with Crippen molar-refractivity contribution in [1.82, 2.24) is 0 Å². The first-order valence-corrected chi connectivity index (χ1v) is 6.28. The maximum atomic E-state index is 13.0. The van der Waals surface area contributed by atoms with Gasteiger partial charge in [-0.05, 0) is 36.6 Å². The molecule has 2 N–H and O–H groups in total. The van der Waals surface area contributed by atoms with E-state index in [1.165, 1.54) is 38.2 Å². The van der Waals surface area contributed by atoms with Crippen molar-refractivity contribution >= 4 is 5.69 Å². The van der Waals surface area contributed by atoms with Crippen molar-refractivity contribution in [1.29, 1.82) is 0 Å². The third kappa shape index (κ3) is 4.65. The van der Waals surface area contributed by atoms with Crippen LogP contribution in [0.1, 0.15) is 51.0 Å². The zero-order valence-electron chi connectivity index (χ0n) is 10.1. The molecular formula is C14H22FN. The fraction of sp³-hybridized carbons (Fsp3) is 0.571. The monoisotopic (exact) mass is 223 g/mol. The fourth-order valence-electron chi connectivity index (χ4n) is 1.89. The van der Waals surface area contributed by atoms with Gasteiger partial charge in [-0.2, -0.15) is 0 Å². The lowest BCUT2D eigenvalue weighted by atomic mass is 10.0. The molecule has 0 bridgehead atoms. The summed E-state index contributed by atoms with van der Waals surface area (Å²) in [4.78, 5) is 0. The number of nitrogen functional groups attached to an aromatic ring is 1. The largest absolute Gasteiger partial charge is 0.399 e.